The van der Waals surface area contributed by atoms with Gasteiger partial charge in [-0.25, -0.2) is 10.1 Å². The molecule has 0 radical (unpaired) electrons. The molecule has 0 saturated carbocycles. The summed E-state index contributed by atoms with van der Waals surface area (Å²) >= 11 is 1.72. The Kier molecular flexibility index (Phi) is 4.60. The number of piperidine rings is 1. The van der Waals surface area contributed by atoms with Gasteiger partial charge in [0.05, 0.1) is 32.7 Å². The minimum absolute atomic E-state index is 0.0421. The molecule has 1 amide bonds. The molecule has 1 fully saturated rings. The van der Waals surface area contributed by atoms with Crippen molar-refractivity contribution in [1.82, 2.24) is 20.1 Å². The zero-order valence-corrected chi connectivity index (χ0v) is 16.6. The number of aromatic amines is 1. The van der Waals surface area contributed by atoms with Gasteiger partial charge in [-0.3, -0.25) is 9.59 Å². The molecular weight excluding hydrogens is 384 g/mol. The first-order valence-electron chi connectivity index (χ1n) is 9.78. The molecule has 2 aromatic carbocycles. The number of fused-ring (bicyclic) bond motifs is 2. The van der Waals surface area contributed by atoms with Crippen LogP contribution in [0.5, 0.6) is 0 Å². The van der Waals surface area contributed by atoms with Crippen molar-refractivity contribution in [1.29, 1.82) is 0 Å². The van der Waals surface area contributed by atoms with Crippen molar-refractivity contribution in [3.8, 4) is 0 Å². The van der Waals surface area contributed by atoms with Gasteiger partial charge >= 0.3 is 0 Å². The molecule has 0 bridgehead atoms. The zero-order valence-electron chi connectivity index (χ0n) is 15.8. The maximum absolute atomic E-state index is 13.0. The number of H-pyrrole nitrogens is 1. The number of aromatic nitrogens is 3. The van der Waals surface area contributed by atoms with Crippen LogP contribution in [0.3, 0.4) is 0 Å². The predicted octanol–water partition coefficient (Wildman–Crippen LogP) is 3.48. The lowest BCUT2D eigenvalue weighted by atomic mass is 9.98. The summed E-state index contributed by atoms with van der Waals surface area (Å²) in [6.07, 6.45) is 2.19. The van der Waals surface area contributed by atoms with Crippen molar-refractivity contribution < 1.29 is 4.79 Å². The Morgan fingerprint density at radius 3 is 2.79 bits per heavy atom. The molecule has 6 nitrogen and oxygen atoms in total. The van der Waals surface area contributed by atoms with E-state index >= 15 is 0 Å². The Morgan fingerprint density at radius 2 is 1.93 bits per heavy atom. The molecule has 1 atom stereocenters. The van der Waals surface area contributed by atoms with Gasteiger partial charge in [-0.15, -0.1) is 11.3 Å². The molecule has 4 aromatic rings. The fourth-order valence-corrected chi connectivity index (χ4v) is 5.12. The number of carbonyl (C=O) groups is 1. The van der Waals surface area contributed by atoms with Crippen LogP contribution in [0.4, 0.5) is 0 Å². The number of nitrogens with zero attached hydrogens (tertiary/aromatic N) is 3. The standard InChI is InChI=1S/C22H20N4O2S/c27-20(12-18-15-7-1-2-8-16(15)21(28)25-24-18)26-11-5-6-14(13-26)22-23-17-9-3-4-10-19(17)29-22/h1-4,7-10,14H,5-6,11-13H2,(H,25,28). The quantitative estimate of drug-likeness (QED) is 0.567. The number of nitrogens with one attached hydrogen (secondary N) is 1. The topological polar surface area (TPSA) is 79.0 Å². The number of hydrogen-bond donors (Lipinski definition) is 1. The zero-order chi connectivity index (χ0) is 19.8. The highest BCUT2D eigenvalue weighted by Crippen LogP contribution is 2.33. The van der Waals surface area contributed by atoms with Gasteiger partial charge in [-0.2, -0.15) is 5.10 Å². The lowest BCUT2D eigenvalue weighted by Crippen LogP contribution is -2.40. The lowest BCUT2D eigenvalue weighted by Gasteiger charge is -2.32. The maximum atomic E-state index is 13.0. The third-order valence-electron chi connectivity index (χ3n) is 5.53. The largest absolute Gasteiger partial charge is 0.342 e. The monoisotopic (exact) mass is 404 g/mol. The molecule has 1 unspecified atom stereocenters. The van der Waals surface area contributed by atoms with Crippen LogP contribution >= 0.6 is 11.3 Å². The van der Waals surface area contributed by atoms with Gasteiger partial charge in [-0.1, -0.05) is 30.3 Å². The third kappa shape index (κ3) is 3.42. The first-order chi connectivity index (χ1) is 14.2. The minimum Gasteiger partial charge on any atom is -0.342 e. The van der Waals surface area contributed by atoms with E-state index in [9.17, 15) is 9.59 Å². The molecule has 2 aromatic heterocycles. The van der Waals surface area contributed by atoms with Crippen molar-refractivity contribution in [2.24, 2.45) is 0 Å². The molecule has 0 spiro atoms. The van der Waals surface area contributed by atoms with E-state index in [4.69, 9.17) is 4.98 Å². The fourth-order valence-electron chi connectivity index (χ4n) is 4.03. The van der Waals surface area contributed by atoms with Crippen molar-refractivity contribution >= 4 is 38.2 Å². The number of rotatable bonds is 3. The van der Waals surface area contributed by atoms with Crippen molar-refractivity contribution in [3.63, 3.8) is 0 Å². The van der Waals surface area contributed by atoms with Crippen molar-refractivity contribution in [2.45, 2.75) is 25.2 Å². The second-order valence-electron chi connectivity index (χ2n) is 7.42. The normalized spacial score (nSPS) is 17.1. The average molecular weight is 404 g/mol. The average Bonchev–Trinajstić information content (AvgIpc) is 3.20. The van der Waals surface area contributed by atoms with Gasteiger partial charge in [0.2, 0.25) is 5.91 Å². The Morgan fingerprint density at radius 1 is 1.14 bits per heavy atom. The highest BCUT2D eigenvalue weighted by atomic mass is 32.1. The van der Waals surface area contributed by atoms with Crippen molar-refractivity contribution in [2.75, 3.05) is 13.1 Å². The van der Waals surface area contributed by atoms with Gasteiger partial charge in [0.1, 0.15) is 0 Å². The summed E-state index contributed by atoms with van der Waals surface area (Å²) in [7, 11) is 0. The first kappa shape index (κ1) is 18.0. The van der Waals surface area contributed by atoms with E-state index in [-0.39, 0.29) is 23.8 Å². The van der Waals surface area contributed by atoms with Crippen LogP contribution in [-0.4, -0.2) is 39.1 Å². The van der Waals surface area contributed by atoms with Gasteiger partial charge in [0.15, 0.2) is 0 Å². The molecule has 29 heavy (non-hydrogen) atoms. The number of amides is 1. The number of benzene rings is 2. The van der Waals surface area contributed by atoms with E-state index in [1.807, 2.05) is 41.3 Å². The van der Waals surface area contributed by atoms with Gasteiger partial charge in [0.25, 0.3) is 5.56 Å². The van der Waals surface area contributed by atoms with Gasteiger partial charge < -0.3 is 4.90 Å². The molecule has 1 saturated heterocycles. The van der Waals surface area contributed by atoms with Crippen LogP contribution in [0.15, 0.2) is 53.3 Å². The molecule has 0 aliphatic carbocycles. The van der Waals surface area contributed by atoms with Gasteiger partial charge in [-0.05, 0) is 31.0 Å². The van der Waals surface area contributed by atoms with E-state index in [0.717, 1.165) is 35.3 Å². The van der Waals surface area contributed by atoms with Crippen molar-refractivity contribution in [3.05, 3.63) is 69.6 Å². The first-order valence-corrected chi connectivity index (χ1v) is 10.6. The summed E-state index contributed by atoms with van der Waals surface area (Å²) < 4.78 is 1.19. The third-order valence-corrected chi connectivity index (χ3v) is 6.73. The fraction of sp³-hybridized carbons (Fsp3) is 0.273. The van der Waals surface area contributed by atoms with E-state index in [1.54, 1.807) is 17.4 Å². The van der Waals surface area contributed by atoms with Crippen LogP contribution in [0.2, 0.25) is 0 Å². The summed E-state index contributed by atoms with van der Waals surface area (Å²) in [6.45, 7) is 1.43. The number of carbonyl (C=O) groups excluding carboxylic acids is 1. The maximum Gasteiger partial charge on any atom is 0.272 e. The van der Waals surface area contributed by atoms with Crippen LogP contribution in [0.25, 0.3) is 21.0 Å². The molecule has 7 heteroatoms. The Hall–Kier alpha value is -3.06. The van der Waals surface area contributed by atoms with Crippen LogP contribution in [0, 0.1) is 0 Å². The highest BCUT2D eigenvalue weighted by molar-refractivity contribution is 7.18. The smallest absolute Gasteiger partial charge is 0.272 e. The summed E-state index contributed by atoms with van der Waals surface area (Å²) in [4.78, 5) is 31.7. The van der Waals surface area contributed by atoms with E-state index in [0.29, 0.717) is 17.6 Å². The van der Waals surface area contributed by atoms with E-state index in [1.165, 1.54) is 4.70 Å². The Bertz CT molecular complexity index is 1230. The summed E-state index contributed by atoms with van der Waals surface area (Å²) in [5, 5.41) is 9.08. The minimum atomic E-state index is -0.231. The van der Waals surface area contributed by atoms with E-state index < -0.39 is 0 Å². The lowest BCUT2D eigenvalue weighted by molar-refractivity contribution is -0.131. The Labute approximate surface area is 171 Å². The molecule has 1 aliphatic rings. The van der Waals surface area contributed by atoms with Crippen LogP contribution in [-0.2, 0) is 11.2 Å². The molecule has 1 N–H and O–H groups in total. The SMILES string of the molecule is O=C(Cc1n[nH]c(=O)c2ccccc12)N1CCCC(c2nc3ccccc3s2)C1. The number of thiazole rings is 1. The summed E-state index contributed by atoms with van der Waals surface area (Å²) in [5.41, 5.74) is 1.41. The van der Waals surface area contributed by atoms with Crippen LogP contribution in [0.1, 0.15) is 29.5 Å². The van der Waals surface area contributed by atoms with E-state index in [2.05, 4.69) is 16.3 Å². The second-order valence-corrected chi connectivity index (χ2v) is 8.48. The number of likely N-dealkylation sites (tertiary alicyclic amines) is 1. The predicted molar refractivity (Wildman–Crippen MR) is 114 cm³/mol. The Balaban J connectivity index is 1.36. The molecule has 1 aliphatic heterocycles. The summed E-state index contributed by atoms with van der Waals surface area (Å²) in [6, 6.07) is 15.4. The number of hydrogen-bond acceptors (Lipinski definition) is 5. The number of para-hydroxylation sites is 1. The highest BCUT2D eigenvalue weighted by Gasteiger charge is 2.27. The summed E-state index contributed by atoms with van der Waals surface area (Å²) in [5.74, 6) is 0.311. The molecular formula is C22H20N4O2S. The molecule has 146 valence electrons. The second kappa shape index (κ2) is 7.40. The molecule has 3 heterocycles. The van der Waals surface area contributed by atoms with Crippen LogP contribution < -0.4 is 5.56 Å². The molecule has 5 rings (SSSR count). The van der Waals surface area contributed by atoms with Gasteiger partial charge in [0, 0.05) is 24.4 Å².